The number of aliphatic hydroxyl groups excluding tert-OH is 1. The third kappa shape index (κ3) is 5.76. The Balaban J connectivity index is 2.14. The molecule has 212 valence electrons. The molecule has 8 atom stereocenters. The van der Waals surface area contributed by atoms with Gasteiger partial charge in [0.05, 0.1) is 11.5 Å². The lowest BCUT2D eigenvalue weighted by Gasteiger charge is -2.60. The maximum Gasteiger partial charge on any atom is 0.306 e. The third-order valence-electron chi connectivity index (χ3n) is 8.85. The van der Waals surface area contributed by atoms with Crippen LogP contribution in [-0.4, -0.2) is 47.8 Å². The van der Waals surface area contributed by atoms with Gasteiger partial charge in [-0.1, -0.05) is 57.9 Å². The molecule has 3 rings (SSSR count). The van der Waals surface area contributed by atoms with Gasteiger partial charge in [-0.2, -0.15) is 0 Å². The molecule has 1 aliphatic heterocycles. The average molecular weight is 533 g/mol. The number of hydrogen-bond donors (Lipinski definition) is 1. The lowest BCUT2D eigenvalue weighted by atomic mass is 9.45. The van der Waals surface area contributed by atoms with Crippen molar-refractivity contribution in [3.8, 4) is 0 Å². The van der Waals surface area contributed by atoms with Crippen molar-refractivity contribution in [3.05, 3.63) is 36.0 Å². The highest BCUT2D eigenvalue weighted by Gasteiger charge is 2.71. The molecule has 1 spiro atoms. The van der Waals surface area contributed by atoms with Crippen LogP contribution < -0.4 is 0 Å². The van der Waals surface area contributed by atoms with Crippen LogP contribution in [0.5, 0.6) is 0 Å². The second-order valence-electron chi connectivity index (χ2n) is 11.4. The van der Waals surface area contributed by atoms with Crippen molar-refractivity contribution >= 4 is 17.9 Å². The fraction of sp³-hybridized carbons (Fsp3) is 0.700. The standard InChI is InChI=1S/C30H44O8/c1-8-10-11-12-26(34)37-22-16-23-27(35-20(5)31)38-28(36-21(6)32)30(23)24(17-22)29(7,14-13-18(3)9-2)19(4)15-25(30)33/h9,13,16,19,22,24-25,27-28,33H,2,8,10-12,14-15,17H2,1,3-7H3/b18-13+/t19-,22-,24+,25?,27+,28-,29-,30?/m1/s1. The van der Waals surface area contributed by atoms with Crippen molar-refractivity contribution in [2.24, 2.45) is 22.7 Å². The van der Waals surface area contributed by atoms with Gasteiger partial charge in [0, 0.05) is 25.8 Å². The monoisotopic (exact) mass is 532 g/mol. The second-order valence-corrected chi connectivity index (χ2v) is 11.4. The first-order valence-corrected chi connectivity index (χ1v) is 13.8. The van der Waals surface area contributed by atoms with Crippen LogP contribution in [0.3, 0.4) is 0 Å². The molecule has 1 saturated carbocycles. The van der Waals surface area contributed by atoms with Crippen LogP contribution >= 0.6 is 0 Å². The van der Waals surface area contributed by atoms with Gasteiger partial charge in [0.2, 0.25) is 12.6 Å². The minimum Gasteiger partial charge on any atom is -0.458 e. The van der Waals surface area contributed by atoms with Crippen molar-refractivity contribution in [1.82, 2.24) is 0 Å². The van der Waals surface area contributed by atoms with Gasteiger partial charge in [0.1, 0.15) is 6.10 Å². The minimum absolute atomic E-state index is 0.0769. The van der Waals surface area contributed by atoms with E-state index in [0.29, 0.717) is 31.3 Å². The Morgan fingerprint density at radius 1 is 1.13 bits per heavy atom. The predicted molar refractivity (Wildman–Crippen MR) is 141 cm³/mol. The molecular weight excluding hydrogens is 488 g/mol. The molecule has 0 aromatic carbocycles. The average Bonchev–Trinajstić information content (AvgIpc) is 3.13. The molecule has 8 nitrogen and oxygen atoms in total. The van der Waals surface area contributed by atoms with E-state index in [1.165, 1.54) is 13.8 Å². The lowest BCUT2D eigenvalue weighted by molar-refractivity contribution is -0.254. The summed E-state index contributed by atoms with van der Waals surface area (Å²) in [5.74, 6) is -1.67. The highest BCUT2D eigenvalue weighted by atomic mass is 16.8. The maximum atomic E-state index is 12.7. The van der Waals surface area contributed by atoms with E-state index in [1.807, 2.05) is 6.92 Å². The van der Waals surface area contributed by atoms with E-state index in [0.717, 1.165) is 24.8 Å². The fourth-order valence-electron chi connectivity index (χ4n) is 6.62. The van der Waals surface area contributed by atoms with Crippen molar-refractivity contribution in [1.29, 1.82) is 0 Å². The van der Waals surface area contributed by atoms with Gasteiger partial charge < -0.3 is 19.3 Å². The molecule has 1 saturated heterocycles. The predicted octanol–water partition coefficient (Wildman–Crippen LogP) is 5.15. The molecule has 0 amide bonds. The lowest BCUT2D eigenvalue weighted by Crippen LogP contribution is -2.63. The highest BCUT2D eigenvalue weighted by molar-refractivity contribution is 5.70. The number of hydrogen-bond acceptors (Lipinski definition) is 8. The number of carbonyl (C=O) groups excluding carboxylic acids is 3. The zero-order valence-corrected chi connectivity index (χ0v) is 23.7. The van der Waals surface area contributed by atoms with Crippen molar-refractivity contribution in [2.45, 2.75) is 111 Å². The molecule has 1 N–H and O–H groups in total. The summed E-state index contributed by atoms with van der Waals surface area (Å²) < 4.78 is 23.2. The summed E-state index contributed by atoms with van der Waals surface area (Å²) in [5, 5.41) is 11.7. The Bertz CT molecular complexity index is 983. The number of esters is 3. The van der Waals surface area contributed by atoms with Crippen molar-refractivity contribution in [2.75, 3.05) is 0 Å². The van der Waals surface area contributed by atoms with Gasteiger partial charge in [-0.05, 0) is 55.9 Å². The molecule has 0 radical (unpaired) electrons. The number of allylic oxidation sites excluding steroid dienone is 3. The number of ether oxygens (including phenoxy) is 4. The Kier molecular flexibility index (Phi) is 9.63. The Morgan fingerprint density at radius 3 is 2.42 bits per heavy atom. The maximum absolute atomic E-state index is 12.7. The summed E-state index contributed by atoms with van der Waals surface area (Å²) in [5.41, 5.74) is -0.0331. The number of unbranched alkanes of at least 4 members (excludes halogenated alkanes) is 2. The fourth-order valence-corrected chi connectivity index (χ4v) is 6.62. The SMILES string of the molecule is C=C/C(C)=C/C[C@]1(C)[C@H](C)CC(O)C23C(=C[C@@H](OC(=O)CCCCC)C[C@H]21)[C@@H](OC(C)=O)O[C@H]3OC(C)=O. The van der Waals surface area contributed by atoms with Gasteiger partial charge in [-0.25, -0.2) is 0 Å². The van der Waals surface area contributed by atoms with Crippen LogP contribution in [0.25, 0.3) is 0 Å². The summed E-state index contributed by atoms with van der Waals surface area (Å²) in [6.45, 7) is 14.8. The molecule has 2 unspecified atom stereocenters. The van der Waals surface area contributed by atoms with E-state index in [9.17, 15) is 19.5 Å². The summed E-state index contributed by atoms with van der Waals surface area (Å²) in [4.78, 5) is 37.0. The first-order valence-electron chi connectivity index (χ1n) is 13.8. The zero-order valence-electron chi connectivity index (χ0n) is 23.7. The molecule has 8 heteroatoms. The van der Waals surface area contributed by atoms with E-state index < -0.39 is 47.6 Å². The molecule has 2 fully saturated rings. The van der Waals surface area contributed by atoms with Gasteiger partial charge >= 0.3 is 17.9 Å². The molecular formula is C30H44O8. The summed E-state index contributed by atoms with van der Waals surface area (Å²) >= 11 is 0. The van der Waals surface area contributed by atoms with E-state index in [1.54, 1.807) is 12.2 Å². The zero-order chi connectivity index (χ0) is 28.3. The smallest absolute Gasteiger partial charge is 0.306 e. The minimum atomic E-state index is -1.17. The highest BCUT2D eigenvalue weighted by Crippen LogP contribution is 2.67. The Hall–Kier alpha value is -2.45. The van der Waals surface area contributed by atoms with Gasteiger partial charge in [0.15, 0.2) is 0 Å². The van der Waals surface area contributed by atoms with Crippen molar-refractivity contribution < 1.29 is 38.4 Å². The van der Waals surface area contributed by atoms with E-state index in [-0.39, 0.29) is 17.8 Å². The quantitative estimate of drug-likeness (QED) is 0.135. The summed E-state index contributed by atoms with van der Waals surface area (Å²) in [6, 6.07) is 0. The van der Waals surface area contributed by atoms with Gasteiger partial charge in [-0.15, -0.1) is 0 Å². The molecule has 1 heterocycles. The molecule has 38 heavy (non-hydrogen) atoms. The largest absolute Gasteiger partial charge is 0.458 e. The Labute approximate surface area is 226 Å². The third-order valence-corrected chi connectivity index (χ3v) is 8.85. The van der Waals surface area contributed by atoms with Crippen LogP contribution in [0.15, 0.2) is 36.0 Å². The number of rotatable bonds is 10. The summed E-state index contributed by atoms with van der Waals surface area (Å²) in [6.07, 6.45) is 6.32. The molecule has 3 aliphatic rings. The van der Waals surface area contributed by atoms with Crippen LogP contribution in [-0.2, 0) is 33.3 Å². The van der Waals surface area contributed by atoms with Crippen LogP contribution in [0.1, 0.15) is 86.5 Å². The van der Waals surface area contributed by atoms with E-state index >= 15 is 0 Å². The topological polar surface area (TPSA) is 108 Å². The van der Waals surface area contributed by atoms with Crippen LogP contribution in [0, 0.1) is 22.7 Å². The van der Waals surface area contributed by atoms with Gasteiger partial charge in [0.25, 0.3) is 0 Å². The van der Waals surface area contributed by atoms with Crippen molar-refractivity contribution in [3.63, 3.8) is 0 Å². The summed E-state index contributed by atoms with van der Waals surface area (Å²) in [7, 11) is 0. The van der Waals surface area contributed by atoms with E-state index in [4.69, 9.17) is 18.9 Å². The van der Waals surface area contributed by atoms with E-state index in [2.05, 4.69) is 33.4 Å². The second kappa shape index (κ2) is 12.2. The molecule has 2 aliphatic carbocycles. The molecule has 0 aromatic heterocycles. The molecule has 0 bridgehead atoms. The molecule has 0 aromatic rings. The van der Waals surface area contributed by atoms with Crippen LogP contribution in [0.2, 0.25) is 0 Å². The first-order chi connectivity index (χ1) is 17.9. The Morgan fingerprint density at radius 2 is 1.82 bits per heavy atom. The van der Waals surface area contributed by atoms with Crippen LogP contribution in [0.4, 0.5) is 0 Å². The first kappa shape index (κ1) is 30.1. The number of carbonyl (C=O) groups is 3. The number of aliphatic hydroxyl groups is 1. The normalized spacial score (nSPS) is 36.4. The van der Waals surface area contributed by atoms with Gasteiger partial charge in [-0.3, -0.25) is 19.1 Å².